The summed E-state index contributed by atoms with van der Waals surface area (Å²) >= 11 is 0. The number of aldehydes is 1. The van der Waals surface area contributed by atoms with Crippen molar-refractivity contribution < 1.29 is 19.1 Å². The van der Waals surface area contributed by atoms with Crippen LogP contribution in [0.15, 0.2) is 36.4 Å². The van der Waals surface area contributed by atoms with Crippen LogP contribution in [-0.4, -0.2) is 24.3 Å². The van der Waals surface area contributed by atoms with Crippen LogP contribution in [0.25, 0.3) is 10.8 Å². The minimum absolute atomic E-state index is 0.274. The van der Waals surface area contributed by atoms with Crippen molar-refractivity contribution >= 4 is 29.0 Å². The van der Waals surface area contributed by atoms with Crippen molar-refractivity contribution in [1.29, 1.82) is 0 Å². The van der Waals surface area contributed by atoms with Crippen LogP contribution >= 0.6 is 0 Å². The van der Waals surface area contributed by atoms with Crippen molar-refractivity contribution in [2.45, 2.75) is 13.0 Å². The highest BCUT2D eigenvalue weighted by atomic mass is 16.5. The summed E-state index contributed by atoms with van der Waals surface area (Å²) in [5.74, 6) is -0.400. The quantitative estimate of drug-likeness (QED) is 0.834. The number of urea groups is 1. The SMILES string of the molecule is CC(Oc1ccc2ccccc2c1C=O)C(=O)NC(N)=O. The van der Waals surface area contributed by atoms with Crippen LogP contribution in [0.1, 0.15) is 17.3 Å². The van der Waals surface area contributed by atoms with Gasteiger partial charge in [0.05, 0.1) is 5.56 Å². The molecule has 0 radical (unpaired) electrons. The van der Waals surface area contributed by atoms with Gasteiger partial charge in [-0.15, -0.1) is 0 Å². The number of carbonyl (C=O) groups is 3. The predicted octanol–water partition coefficient (Wildman–Crippen LogP) is 1.61. The molecular weight excluding hydrogens is 272 g/mol. The molecule has 0 aliphatic rings. The summed E-state index contributed by atoms with van der Waals surface area (Å²) in [4.78, 5) is 33.6. The van der Waals surface area contributed by atoms with E-state index in [-0.39, 0.29) is 5.75 Å². The lowest BCUT2D eigenvalue weighted by Gasteiger charge is -2.15. The van der Waals surface area contributed by atoms with Gasteiger partial charge in [0.25, 0.3) is 5.91 Å². The molecule has 3 amide bonds. The van der Waals surface area contributed by atoms with Gasteiger partial charge >= 0.3 is 6.03 Å². The number of carbonyl (C=O) groups excluding carboxylic acids is 3. The summed E-state index contributed by atoms with van der Waals surface area (Å²) in [5.41, 5.74) is 5.23. The average molecular weight is 286 g/mol. The molecule has 0 saturated carbocycles. The van der Waals surface area contributed by atoms with Gasteiger partial charge in [-0.3, -0.25) is 14.9 Å². The van der Waals surface area contributed by atoms with E-state index in [1.807, 2.05) is 23.5 Å². The number of nitrogens with two attached hydrogens (primary N) is 1. The molecule has 0 saturated heterocycles. The summed E-state index contributed by atoms with van der Waals surface area (Å²) in [6.07, 6.45) is -0.284. The van der Waals surface area contributed by atoms with E-state index in [2.05, 4.69) is 0 Å². The molecule has 2 aromatic rings. The molecule has 0 aliphatic heterocycles. The lowest BCUT2D eigenvalue weighted by atomic mass is 10.0. The van der Waals surface area contributed by atoms with E-state index in [1.54, 1.807) is 18.2 Å². The highest BCUT2D eigenvalue weighted by Crippen LogP contribution is 2.27. The molecule has 0 spiro atoms. The predicted molar refractivity (Wildman–Crippen MR) is 77.2 cm³/mol. The number of nitrogens with one attached hydrogen (secondary N) is 1. The molecule has 108 valence electrons. The summed E-state index contributed by atoms with van der Waals surface area (Å²) in [6.45, 7) is 1.46. The molecule has 0 heterocycles. The van der Waals surface area contributed by atoms with Crippen molar-refractivity contribution in [3.63, 3.8) is 0 Å². The summed E-state index contributed by atoms with van der Waals surface area (Å²) in [7, 11) is 0. The summed E-state index contributed by atoms with van der Waals surface area (Å²) in [5, 5.41) is 3.54. The first-order chi connectivity index (χ1) is 10.0. The number of amides is 3. The Morgan fingerprint density at radius 1 is 1.24 bits per heavy atom. The van der Waals surface area contributed by atoms with Crippen LogP contribution in [0, 0.1) is 0 Å². The first-order valence-electron chi connectivity index (χ1n) is 6.27. The Balaban J connectivity index is 2.32. The van der Waals surface area contributed by atoms with Crippen LogP contribution in [0.3, 0.4) is 0 Å². The van der Waals surface area contributed by atoms with Crippen LogP contribution < -0.4 is 15.8 Å². The normalized spacial score (nSPS) is 11.7. The van der Waals surface area contributed by atoms with Gasteiger partial charge in [-0.1, -0.05) is 30.3 Å². The molecule has 0 aliphatic carbocycles. The monoisotopic (exact) mass is 286 g/mol. The van der Waals surface area contributed by atoms with E-state index in [4.69, 9.17) is 10.5 Å². The summed E-state index contributed by atoms with van der Waals surface area (Å²) < 4.78 is 5.46. The largest absolute Gasteiger partial charge is 0.480 e. The third-order valence-corrected chi connectivity index (χ3v) is 2.97. The third-order valence-electron chi connectivity index (χ3n) is 2.97. The molecule has 1 unspecified atom stereocenters. The summed E-state index contributed by atoms with van der Waals surface area (Å²) in [6, 6.07) is 9.78. The van der Waals surface area contributed by atoms with Crippen LogP contribution in [0.5, 0.6) is 5.75 Å². The molecular formula is C15H14N2O4. The third kappa shape index (κ3) is 3.17. The second-order valence-electron chi connectivity index (χ2n) is 4.43. The second kappa shape index (κ2) is 6.04. The van der Waals surface area contributed by atoms with Crippen molar-refractivity contribution in [3.05, 3.63) is 42.0 Å². The Morgan fingerprint density at radius 2 is 1.95 bits per heavy atom. The van der Waals surface area contributed by atoms with E-state index in [9.17, 15) is 14.4 Å². The number of fused-ring (bicyclic) bond motifs is 1. The molecule has 3 N–H and O–H groups in total. The number of rotatable bonds is 4. The maximum Gasteiger partial charge on any atom is 0.318 e. The molecule has 2 rings (SSSR count). The molecule has 6 nitrogen and oxygen atoms in total. The average Bonchev–Trinajstić information content (AvgIpc) is 2.46. The van der Waals surface area contributed by atoms with E-state index in [0.717, 1.165) is 10.8 Å². The fourth-order valence-corrected chi connectivity index (χ4v) is 1.97. The van der Waals surface area contributed by atoms with E-state index < -0.39 is 18.0 Å². The number of ether oxygens (including phenoxy) is 1. The zero-order chi connectivity index (χ0) is 15.4. The number of hydrogen-bond acceptors (Lipinski definition) is 4. The molecule has 1 atom stereocenters. The topological polar surface area (TPSA) is 98.5 Å². The minimum Gasteiger partial charge on any atom is -0.480 e. The number of hydrogen-bond donors (Lipinski definition) is 2. The Hall–Kier alpha value is -2.89. The van der Waals surface area contributed by atoms with Crippen LogP contribution in [0.2, 0.25) is 0 Å². The van der Waals surface area contributed by atoms with Crippen molar-refractivity contribution in [3.8, 4) is 5.75 Å². The minimum atomic E-state index is -0.961. The molecule has 0 bridgehead atoms. The van der Waals surface area contributed by atoms with Gasteiger partial charge in [-0.2, -0.15) is 0 Å². The van der Waals surface area contributed by atoms with E-state index >= 15 is 0 Å². The molecule has 0 aromatic heterocycles. The highest BCUT2D eigenvalue weighted by Gasteiger charge is 2.18. The number of primary amides is 1. The van der Waals surface area contributed by atoms with Crippen molar-refractivity contribution in [2.75, 3.05) is 0 Å². The van der Waals surface area contributed by atoms with Crippen molar-refractivity contribution in [2.24, 2.45) is 5.73 Å². The maximum atomic E-state index is 11.6. The Kier molecular flexibility index (Phi) is 4.18. The zero-order valence-electron chi connectivity index (χ0n) is 11.3. The fraction of sp³-hybridized carbons (Fsp3) is 0.133. The van der Waals surface area contributed by atoms with Crippen molar-refractivity contribution in [1.82, 2.24) is 5.32 Å². The molecule has 0 fully saturated rings. The number of benzene rings is 2. The van der Waals surface area contributed by atoms with Gasteiger partial charge in [0.1, 0.15) is 5.75 Å². The van der Waals surface area contributed by atoms with Gasteiger partial charge in [0.2, 0.25) is 0 Å². The second-order valence-corrected chi connectivity index (χ2v) is 4.43. The van der Waals surface area contributed by atoms with Gasteiger partial charge < -0.3 is 10.5 Å². The molecule has 2 aromatic carbocycles. The van der Waals surface area contributed by atoms with E-state index in [1.165, 1.54) is 6.92 Å². The first kappa shape index (κ1) is 14.5. The molecule has 6 heteroatoms. The smallest absolute Gasteiger partial charge is 0.318 e. The fourth-order valence-electron chi connectivity index (χ4n) is 1.97. The van der Waals surface area contributed by atoms with E-state index in [0.29, 0.717) is 11.8 Å². The van der Waals surface area contributed by atoms with Gasteiger partial charge in [-0.25, -0.2) is 4.79 Å². The van der Waals surface area contributed by atoms with Gasteiger partial charge in [0, 0.05) is 0 Å². The lowest BCUT2D eigenvalue weighted by Crippen LogP contribution is -2.42. The van der Waals surface area contributed by atoms with Gasteiger partial charge in [0.15, 0.2) is 12.4 Å². The lowest BCUT2D eigenvalue weighted by molar-refractivity contribution is -0.126. The van der Waals surface area contributed by atoms with Gasteiger partial charge in [-0.05, 0) is 23.8 Å². The zero-order valence-corrected chi connectivity index (χ0v) is 11.3. The van der Waals surface area contributed by atoms with Crippen LogP contribution in [0.4, 0.5) is 4.79 Å². The Bertz CT molecular complexity index is 712. The molecule has 21 heavy (non-hydrogen) atoms. The highest BCUT2D eigenvalue weighted by molar-refractivity contribution is 6.01. The number of imide groups is 1. The Morgan fingerprint density at radius 3 is 2.62 bits per heavy atom. The first-order valence-corrected chi connectivity index (χ1v) is 6.27. The van der Waals surface area contributed by atoms with Crippen LogP contribution in [-0.2, 0) is 4.79 Å². The maximum absolute atomic E-state index is 11.6. The Labute approximate surface area is 120 Å². The standard InChI is InChI=1S/C15H14N2O4/c1-9(14(19)17-15(16)20)21-13-7-6-10-4-2-3-5-11(10)12(13)8-18/h2-9H,1H3,(H3,16,17,19,20).